The third-order valence-electron chi connectivity index (χ3n) is 2.81. The minimum atomic E-state index is -0.00300. The predicted molar refractivity (Wildman–Crippen MR) is 72.4 cm³/mol. The molecule has 0 radical (unpaired) electrons. The van der Waals surface area contributed by atoms with E-state index in [0.717, 1.165) is 25.3 Å². The van der Waals surface area contributed by atoms with Crippen LogP contribution in [0.15, 0.2) is 12.4 Å². The van der Waals surface area contributed by atoms with Gasteiger partial charge in [0.2, 0.25) is 5.91 Å². The van der Waals surface area contributed by atoms with Gasteiger partial charge in [0.05, 0.1) is 12.4 Å². The van der Waals surface area contributed by atoms with Gasteiger partial charge < -0.3 is 16.0 Å². The second kappa shape index (κ2) is 5.26. The molecule has 7 heteroatoms. The van der Waals surface area contributed by atoms with Gasteiger partial charge in [0.25, 0.3) is 0 Å². The van der Waals surface area contributed by atoms with Crippen molar-refractivity contribution in [2.75, 3.05) is 18.0 Å². The Hall–Kier alpha value is -1.76. The van der Waals surface area contributed by atoms with Crippen LogP contribution in [0, 0.1) is 0 Å². The number of hydrogen-bond donors (Lipinski definition) is 2. The van der Waals surface area contributed by atoms with E-state index in [2.05, 4.69) is 20.2 Å². The van der Waals surface area contributed by atoms with Crippen LogP contribution in [-0.4, -0.2) is 40.0 Å². The molecule has 1 saturated heterocycles. The minimum Gasteiger partial charge on any atom is -0.388 e. The Morgan fingerprint density at radius 3 is 2.89 bits per heavy atom. The van der Waals surface area contributed by atoms with Crippen LogP contribution in [0.4, 0.5) is 5.82 Å². The van der Waals surface area contributed by atoms with Crippen LogP contribution in [0.2, 0.25) is 0 Å². The Bertz CT molecular complexity index is 461. The molecule has 2 heterocycles. The zero-order valence-corrected chi connectivity index (χ0v) is 10.9. The van der Waals surface area contributed by atoms with E-state index < -0.39 is 0 Å². The molecule has 1 aliphatic rings. The van der Waals surface area contributed by atoms with E-state index >= 15 is 0 Å². The van der Waals surface area contributed by atoms with E-state index in [-0.39, 0.29) is 16.9 Å². The van der Waals surface area contributed by atoms with Crippen LogP contribution >= 0.6 is 12.2 Å². The molecule has 1 aromatic rings. The van der Waals surface area contributed by atoms with Crippen LogP contribution in [-0.2, 0) is 4.79 Å². The van der Waals surface area contributed by atoms with Gasteiger partial charge in [0.15, 0.2) is 0 Å². The number of thiocarbonyl (C=S) groups is 1. The summed E-state index contributed by atoms with van der Waals surface area (Å²) in [6, 6.07) is 0.180. The quantitative estimate of drug-likeness (QED) is 0.738. The standard InChI is InChI=1S/C11H15N5OS/c1-7(17)15-8-2-3-16(6-8)10-5-13-9(4-14-10)11(12)18/h4-5,8H,2-3,6H2,1H3,(H2,12,18)(H,15,17). The summed E-state index contributed by atoms with van der Waals surface area (Å²) in [5, 5.41) is 2.90. The maximum atomic E-state index is 11.0. The Morgan fingerprint density at radius 1 is 1.56 bits per heavy atom. The molecule has 1 aliphatic heterocycles. The lowest BCUT2D eigenvalue weighted by Gasteiger charge is -2.17. The number of nitrogens with two attached hydrogens (primary N) is 1. The van der Waals surface area contributed by atoms with Gasteiger partial charge in [-0.25, -0.2) is 9.97 Å². The van der Waals surface area contributed by atoms with E-state index in [4.69, 9.17) is 18.0 Å². The van der Waals surface area contributed by atoms with Crippen LogP contribution < -0.4 is 16.0 Å². The third-order valence-corrected chi connectivity index (χ3v) is 3.02. The smallest absolute Gasteiger partial charge is 0.217 e. The number of amides is 1. The lowest BCUT2D eigenvalue weighted by Crippen LogP contribution is -2.35. The third kappa shape index (κ3) is 2.92. The number of hydrogen-bond acceptors (Lipinski definition) is 5. The van der Waals surface area contributed by atoms with Crippen LogP contribution in [0.25, 0.3) is 0 Å². The first-order valence-electron chi connectivity index (χ1n) is 5.70. The number of anilines is 1. The van der Waals surface area contributed by atoms with Crippen LogP contribution in [0.1, 0.15) is 19.0 Å². The average Bonchev–Trinajstić information content (AvgIpc) is 2.76. The van der Waals surface area contributed by atoms with Gasteiger partial charge in [0, 0.05) is 26.1 Å². The number of aromatic nitrogens is 2. The summed E-state index contributed by atoms with van der Waals surface area (Å²) in [7, 11) is 0. The van der Waals surface area contributed by atoms with E-state index in [1.165, 1.54) is 6.92 Å². The maximum absolute atomic E-state index is 11.0. The van der Waals surface area contributed by atoms with Crippen molar-refractivity contribution in [2.24, 2.45) is 5.73 Å². The molecule has 6 nitrogen and oxygen atoms in total. The van der Waals surface area contributed by atoms with Gasteiger partial charge in [0.1, 0.15) is 16.5 Å². The van der Waals surface area contributed by atoms with Crippen molar-refractivity contribution in [3.8, 4) is 0 Å². The Morgan fingerprint density at radius 2 is 2.33 bits per heavy atom. The zero-order chi connectivity index (χ0) is 13.1. The number of nitrogens with zero attached hydrogens (tertiary/aromatic N) is 3. The molecule has 18 heavy (non-hydrogen) atoms. The van der Waals surface area contributed by atoms with E-state index in [9.17, 15) is 4.79 Å². The molecule has 0 saturated carbocycles. The summed E-state index contributed by atoms with van der Waals surface area (Å²) < 4.78 is 0. The second-order valence-electron chi connectivity index (χ2n) is 4.26. The molecular formula is C11H15N5OS. The highest BCUT2D eigenvalue weighted by Crippen LogP contribution is 2.17. The van der Waals surface area contributed by atoms with Crippen molar-refractivity contribution in [1.29, 1.82) is 0 Å². The molecule has 0 aliphatic carbocycles. The summed E-state index contributed by atoms with van der Waals surface area (Å²) in [4.78, 5) is 21.7. The minimum absolute atomic E-state index is 0.00300. The summed E-state index contributed by atoms with van der Waals surface area (Å²) >= 11 is 4.82. The Balaban J connectivity index is 2.01. The SMILES string of the molecule is CC(=O)NC1CCN(c2cnc(C(N)=S)cn2)C1. The Kier molecular flexibility index (Phi) is 3.71. The highest BCUT2D eigenvalue weighted by molar-refractivity contribution is 7.80. The molecule has 1 unspecified atom stereocenters. The topological polar surface area (TPSA) is 84.1 Å². The average molecular weight is 265 g/mol. The molecule has 0 spiro atoms. The number of carbonyl (C=O) groups excluding carboxylic acids is 1. The van der Waals surface area contributed by atoms with Crippen molar-refractivity contribution in [2.45, 2.75) is 19.4 Å². The van der Waals surface area contributed by atoms with Crippen molar-refractivity contribution >= 4 is 28.9 Å². The fourth-order valence-electron chi connectivity index (χ4n) is 1.99. The molecule has 96 valence electrons. The molecule has 1 atom stereocenters. The first-order valence-corrected chi connectivity index (χ1v) is 6.11. The first-order chi connectivity index (χ1) is 8.56. The first kappa shape index (κ1) is 12.7. The Labute approximate surface area is 111 Å². The number of rotatable bonds is 3. The van der Waals surface area contributed by atoms with Gasteiger partial charge in [-0.05, 0) is 6.42 Å². The van der Waals surface area contributed by atoms with Crippen LogP contribution in [0.3, 0.4) is 0 Å². The normalized spacial score (nSPS) is 18.7. The van der Waals surface area contributed by atoms with Gasteiger partial charge >= 0.3 is 0 Å². The van der Waals surface area contributed by atoms with Gasteiger partial charge in [-0.2, -0.15) is 0 Å². The molecule has 0 bridgehead atoms. The largest absolute Gasteiger partial charge is 0.388 e. The van der Waals surface area contributed by atoms with Gasteiger partial charge in [-0.15, -0.1) is 0 Å². The van der Waals surface area contributed by atoms with Crippen molar-refractivity contribution in [3.05, 3.63) is 18.1 Å². The van der Waals surface area contributed by atoms with E-state index in [1.54, 1.807) is 12.4 Å². The summed E-state index contributed by atoms with van der Waals surface area (Å²) in [5.41, 5.74) is 5.98. The van der Waals surface area contributed by atoms with Crippen molar-refractivity contribution < 1.29 is 4.79 Å². The lowest BCUT2D eigenvalue weighted by molar-refractivity contribution is -0.119. The number of nitrogens with one attached hydrogen (secondary N) is 1. The number of carbonyl (C=O) groups is 1. The monoisotopic (exact) mass is 265 g/mol. The molecule has 1 fully saturated rings. The van der Waals surface area contributed by atoms with Crippen molar-refractivity contribution in [1.82, 2.24) is 15.3 Å². The van der Waals surface area contributed by atoms with Crippen LogP contribution in [0.5, 0.6) is 0 Å². The molecular weight excluding hydrogens is 250 g/mol. The van der Waals surface area contributed by atoms with Gasteiger partial charge in [-0.3, -0.25) is 4.79 Å². The molecule has 3 N–H and O–H groups in total. The predicted octanol–water partition coefficient (Wildman–Crippen LogP) is -0.174. The summed E-state index contributed by atoms with van der Waals surface area (Å²) in [5.74, 6) is 0.777. The molecule has 2 rings (SSSR count). The maximum Gasteiger partial charge on any atom is 0.217 e. The van der Waals surface area contributed by atoms with E-state index in [0.29, 0.717) is 5.69 Å². The van der Waals surface area contributed by atoms with Crippen molar-refractivity contribution in [3.63, 3.8) is 0 Å². The molecule has 0 aromatic carbocycles. The van der Waals surface area contributed by atoms with Gasteiger partial charge in [-0.1, -0.05) is 12.2 Å². The fraction of sp³-hybridized carbons (Fsp3) is 0.455. The molecule has 1 amide bonds. The summed E-state index contributed by atoms with van der Waals surface area (Å²) in [6.45, 7) is 3.13. The molecule has 1 aromatic heterocycles. The summed E-state index contributed by atoms with van der Waals surface area (Å²) in [6.07, 6.45) is 4.15. The lowest BCUT2D eigenvalue weighted by atomic mass is 10.3. The highest BCUT2D eigenvalue weighted by atomic mass is 32.1. The zero-order valence-electron chi connectivity index (χ0n) is 10.1. The van der Waals surface area contributed by atoms with E-state index in [1.807, 2.05) is 0 Å². The fourth-order valence-corrected chi connectivity index (χ4v) is 2.09. The highest BCUT2D eigenvalue weighted by Gasteiger charge is 2.24. The second-order valence-corrected chi connectivity index (χ2v) is 4.70.